The fraction of sp³-hybridized carbons (Fsp3) is 0.462. The molecule has 3 nitrogen and oxygen atoms in total. The number of ether oxygens (including phenoxy) is 1. The van der Waals surface area contributed by atoms with Crippen LogP contribution in [0.15, 0.2) is 18.2 Å². The molecule has 0 fully saturated rings. The molecule has 0 aliphatic rings. The quantitative estimate of drug-likeness (QED) is 0.715. The zero-order valence-electron chi connectivity index (χ0n) is 10.4. The summed E-state index contributed by atoms with van der Waals surface area (Å²) in [6.07, 6.45) is 0.885. The van der Waals surface area contributed by atoms with E-state index in [1.165, 1.54) is 5.56 Å². The van der Waals surface area contributed by atoms with E-state index in [0.717, 1.165) is 17.7 Å². The molecule has 3 heteroatoms. The Kier molecular flexibility index (Phi) is 4.35. The number of carbonyl (C=O) groups is 1. The molecule has 0 unspecified atom stereocenters. The zero-order chi connectivity index (χ0) is 12.1. The third-order valence-electron chi connectivity index (χ3n) is 2.63. The SMILES string of the molecule is COc1cc(C(C)C)ccc1N(C)CC=O. The summed E-state index contributed by atoms with van der Waals surface area (Å²) in [5.74, 6) is 1.29. The van der Waals surface area contributed by atoms with Gasteiger partial charge in [-0.05, 0) is 23.6 Å². The Labute approximate surface area is 97.0 Å². The van der Waals surface area contributed by atoms with E-state index in [9.17, 15) is 4.79 Å². The molecule has 0 aliphatic carbocycles. The van der Waals surface area contributed by atoms with Gasteiger partial charge in [0.25, 0.3) is 0 Å². The Morgan fingerprint density at radius 1 is 1.44 bits per heavy atom. The maximum atomic E-state index is 10.5. The first kappa shape index (κ1) is 12.6. The highest BCUT2D eigenvalue weighted by Gasteiger charge is 2.09. The van der Waals surface area contributed by atoms with Crippen LogP contribution in [-0.4, -0.2) is 27.0 Å². The second kappa shape index (κ2) is 5.54. The fourth-order valence-electron chi connectivity index (χ4n) is 1.58. The van der Waals surface area contributed by atoms with Gasteiger partial charge in [-0.15, -0.1) is 0 Å². The molecular weight excluding hydrogens is 202 g/mol. The van der Waals surface area contributed by atoms with Gasteiger partial charge >= 0.3 is 0 Å². The van der Waals surface area contributed by atoms with Gasteiger partial charge in [-0.25, -0.2) is 0 Å². The number of aldehydes is 1. The van der Waals surface area contributed by atoms with Crippen LogP contribution < -0.4 is 9.64 Å². The Hall–Kier alpha value is -1.51. The summed E-state index contributed by atoms with van der Waals surface area (Å²) in [5.41, 5.74) is 2.18. The molecule has 0 saturated carbocycles. The Morgan fingerprint density at radius 2 is 2.12 bits per heavy atom. The van der Waals surface area contributed by atoms with E-state index >= 15 is 0 Å². The molecule has 0 bridgehead atoms. The number of nitrogens with zero attached hydrogens (tertiary/aromatic N) is 1. The summed E-state index contributed by atoms with van der Waals surface area (Å²) in [4.78, 5) is 12.4. The van der Waals surface area contributed by atoms with Crippen LogP contribution in [0.2, 0.25) is 0 Å². The average Bonchev–Trinajstić information content (AvgIpc) is 2.28. The second-order valence-corrected chi connectivity index (χ2v) is 4.13. The Morgan fingerprint density at radius 3 is 2.62 bits per heavy atom. The monoisotopic (exact) mass is 221 g/mol. The van der Waals surface area contributed by atoms with E-state index in [-0.39, 0.29) is 0 Å². The van der Waals surface area contributed by atoms with Crippen molar-refractivity contribution in [3.63, 3.8) is 0 Å². The lowest BCUT2D eigenvalue weighted by atomic mass is 10.0. The molecule has 1 rings (SSSR count). The van der Waals surface area contributed by atoms with Crippen molar-refractivity contribution in [2.75, 3.05) is 25.6 Å². The minimum atomic E-state index is 0.372. The standard InChI is InChI=1S/C13H19NO2/c1-10(2)11-5-6-12(13(9-11)16-4)14(3)7-8-15/h5-6,8-10H,7H2,1-4H3. The summed E-state index contributed by atoms with van der Waals surface area (Å²) in [6, 6.07) is 6.10. The van der Waals surface area contributed by atoms with Gasteiger partial charge in [0.2, 0.25) is 0 Å². The molecule has 0 saturated heterocycles. The van der Waals surface area contributed by atoms with Gasteiger partial charge in [-0.2, -0.15) is 0 Å². The number of rotatable bonds is 5. The molecule has 88 valence electrons. The number of hydrogen-bond donors (Lipinski definition) is 0. The summed E-state index contributed by atoms with van der Waals surface area (Å²) >= 11 is 0. The van der Waals surface area contributed by atoms with Crippen LogP contribution in [0, 0.1) is 0 Å². The van der Waals surface area contributed by atoms with Gasteiger partial charge in [0.15, 0.2) is 0 Å². The molecular formula is C13H19NO2. The lowest BCUT2D eigenvalue weighted by molar-refractivity contribution is -0.106. The highest BCUT2D eigenvalue weighted by Crippen LogP contribution is 2.30. The first-order valence-corrected chi connectivity index (χ1v) is 5.42. The van der Waals surface area contributed by atoms with Gasteiger partial charge in [0, 0.05) is 7.05 Å². The second-order valence-electron chi connectivity index (χ2n) is 4.13. The van der Waals surface area contributed by atoms with Crippen molar-refractivity contribution >= 4 is 12.0 Å². The van der Waals surface area contributed by atoms with E-state index in [4.69, 9.17) is 4.74 Å². The summed E-state index contributed by atoms with van der Waals surface area (Å²) in [5, 5.41) is 0. The molecule has 0 atom stereocenters. The Balaban J connectivity index is 3.06. The van der Waals surface area contributed by atoms with Crippen LogP contribution in [0.4, 0.5) is 5.69 Å². The molecule has 0 amide bonds. The van der Waals surface area contributed by atoms with Gasteiger partial charge < -0.3 is 14.4 Å². The van der Waals surface area contributed by atoms with Crippen LogP contribution in [0.5, 0.6) is 5.75 Å². The van der Waals surface area contributed by atoms with Gasteiger partial charge in [0.05, 0.1) is 19.3 Å². The topological polar surface area (TPSA) is 29.5 Å². The largest absolute Gasteiger partial charge is 0.495 e. The van der Waals surface area contributed by atoms with E-state index in [2.05, 4.69) is 19.9 Å². The van der Waals surface area contributed by atoms with Gasteiger partial charge in [-0.1, -0.05) is 19.9 Å². The van der Waals surface area contributed by atoms with Crippen LogP contribution in [0.1, 0.15) is 25.3 Å². The van der Waals surface area contributed by atoms with E-state index in [1.54, 1.807) is 7.11 Å². The van der Waals surface area contributed by atoms with Crippen LogP contribution >= 0.6 is 0 Å². The average molecular weight is 221 g/mol. The van der Waals surface area contributed by atoms with Crippen molar-refractivity contribution < 1.29 is 9.53 Å². The smallest absolute Gasteiger partial charge is 0.142 e. The minimum Gasteiger partial charge on any atom is -0.495 e. The number of benzene rings is 1. The van der Waals surface area contributed by atoms with Gasteiger partial charge in [-0.3, -0.25) is 0 Å². The molecule has 0 spiro atoms. The van der Waals surface area contributed by atoms with Crippen LogP contribution in [-0.2, 0) is 4.79 Å². The predicted octanol–water partition coefficient (Wildman–Crippen LogP) is 2.45. The highest BCUT2D eigenvalue weighted by atomic mass is 16.5. The molecule has 0 aromatic heterocycles. The number of anilines is 1. The van der Waals surface area contributed by atoms with E-state index < -0.39 is 0 Å². The fourth-order valence-corrected chi connectivity index (χ4v) is 1.58. The summed E-state index contributed by atoms with van der Waals surface area (Å²) in [6.45, 7) is 4.66. The first-order valence-electron chi connectivity index (χ1n) is 5.42. The maximum Gasteiger partial charge on any atom is 0.142 e. The number of hydrogen-bond acceptors (Lipinski definition) is 3. The van der Waals surface area contributed by atoms with Crippen LogP contribution in [0.25, 0.3) is 0 Å². The molecule has 1 aromatic carbocycles. The van der Waals surface area contributed by atoms with Gasteiger partial charge in [0.1, 0.15) is 12.0 Å². The molecule has 0 N–H and O–H groups in total. The predicted molar refractivity (Wildman–Crippen MR) is 66.4 cm³/mol. The maximum absolute atomic E-state index is 10.5. The Bertz CT molecular complexity index is 361. The van der Waals surface area contributed by atoms with Crippen molar-refractivity contribution in [3.8, 4) is 5.75 Å². The van der Waals surface area contributed by atoms with Crippen molar-refractivity contribution in [2.45, 2.75) is 19.8 Å². The van der Waals surface area contributed by atoms with Crippen molar-refractivity contribution in [1.82, 2.24) is 0 Å². The summed E-state index contributed by atoms with van der Waals surface area (Å²) < 4.78 is 5.35. The van der Waals surface area contributed by atoms with Crippen molar-refractivity contribution in [3.05, 3.63) is 23.8 Å². The number of carbonyl (C=O) groups excluding carboxylic acids is 1. The van der Waals surface area contributed by atoms with E-state index in [0.29, 0.717) is 12.5 Å². The molecule has 0 radical (unpaired) electrons. The van der Waals surface area contributed by atoms with Crippen molar-refractivity contribution in [2.24, 2.45) is 0 Å². The zero-order valence-corrected chi connectivity index (χ0v) is 10.4. The van der Waals surface area contributed by atoms with Crippen LogP contribution in [0.3, 0.4) is 0 Å². The van der Waals surface area contributed by atoms with E-state index in [1.807, 2.05) is 24.1 Å². The molecule has 16 heavy (non-hydrogen) atoms. The van der Waals surface area contributed by atoms with Crippen molar-refractivity contribution in [1.29, 1.82) is 0 Å². The first-order chi connectivity index (χ1) is 7.60. The molecule has 1 aromatic rings. The molecule has 0 heterocycles. The third-order valence-corrected chi connectivity index (χ3v) is 2.63. The third kappa shape index (κ3) is 2.75. The summed E-state index contributed by atoms with van der Waals surface area (Å²) in [7, 11) is 3.53. The number of likely N-dealkylation sites (N-methyl/N-ethyl adjacent to an activating group) is 1. The minimum absolute atomic E-state index is 0.372. The lowest BCUT2D eigenvalue weighted by Crippen LogP contribution is -2.20. The lowest BCUT2D eigenvalue weighted by Gasteiger charge is -2.20. The highest BCUT2D eigenvalue weighted by molar-refractivity contribution is 5.66. The number of methoxy groups -OCH3 is 1. The normalized spacial score (nSPS) is 10.3. The molecule has 0 aliphatic heterocycles.